The third kappa shape index (κ3) is 2.77. The normalized spacial score (nSPS) is 23.9. The molecule has 2 atom stereocenters. The van der Waals surface area contributed by atoms with Gasteiger partial charge in [-0.25, -0.2) is 4.39 Å². The number of likely N-dealkylation sites (tertiary alicyclic amines) is 2. The number of aryl methyl sites for hydroxylation is 1. The van der Waals surface area contributed by atoms with Crippen LogP contribution in [-0.2, 0) is 11.8 Å². The van der Waals surface area contributed by atoms with Gasteiger partial charge in [-0.2, -0.15) is 0 Å². The summed E-state index contributed by atoms with van der Waals surface area (Å²) in [6.45, 7) is 1.32. The second kappa shape index (κ2) is 6.41. The van der Waals surface area contributed by atoms with E-state index in [4.69, 9.17) is 0 Å². The number of piperidine rings is 1. The third-order valence-electron chi connectivity index (χ3n) is 6.06. The second-order valence-corrected chi connectivity index (χ2v) is 7.56. The molecule has 0 spiro atoms. The minimum Gasteiger partial charge on any atom is -0.342 e. The smallest absolute Gasteiger partial charge is 0.270 e. The number of hydrogen-bond donors (Lipinski definition) is 0. The van der Waals surface area contributed by atoms with Crippen molar-refractivity contribution in [3.05, 3.63) is 35.8 Å². The van der Waals surface area contributed by atoms with Crippen LogP contribution < -0.4 is 0 Å². The van der Waals surface area contributed by atoms with Gasteiger partial charge in [0, 0.05) is 50.6 Å². The molecule has 2 aromatic rings. The monoisotopic (exact) mass is 357 g/mol. The molecule has 2 aliphatic heterocycles. The van der Waals surface area contributed by atoms with Gasteiger partial charge in [-0.1, -0.05) is 0 Å². The Morgan fingerprint density at radius 1 is 1.19 bits per heavy atom. The summed E-state index contributed by atoms with van der Waals surface area (Å²) in [6.07, 6.45) is 3.29. The van der Waals surface area contributed by atoms with Crippen LogP contribution in [0.4, 0.5) is 4.39 Å². The number of carbonyl (C=O) groups excluding carboxylic acids is 2. The van der Waals surface area contributed by atoms with Crippen LogP contribution in [0.2, 0.25) is 0 Å². The van der Waals surface area contributed by atoms with Crippen molar-refractivity contribution >= 4 is 22.7 Å². The summed E-state index contributed by atoms with van der Waals surface area (Å²) >= 11 is 0. The van der Waals surface area contributed by atoms with Crippen LogP contribution >= 0.6 is 0 Å². The van der Waals surface area contributed by atoms with Crippen molar-refractivity contribution in [3.63, 3.8) is 0 Å². The summed E-state index contributed by atoms with van der Waals surface area (Å²) in [6, 6.07) is 6.59. The number of halogens is 1. The number of amides is 2. The van der Waals surface area contributed by atoms with Gasteiger partial charge >= 0.3 is 0 Å². The zero-order valence-corrected chi connectivity index (χ0v) is 15.2. The Balaban J connectivity index is 1.58. The van der Waals surface area contributed by atoms with Gasteiger partial charge in [0.2, 0.25) is 5.91 Å². The van der Waals surface area contributed by atoms with E-state index in [0.29, 0.717) is 31.1 Å². The van der Waals surface area contributed by atoms with Crippen LogP contribution in [-0.4, -0.2) is 52.4 Å². The second-order valence-electron chi connectivity index (χ2n) is 7.56. The van der Waals surface area contributed by atoms with Crippen molar-refractivity contribution in [2.45, 2.75) is 31.7 Å². The van der Waals surface area contributed by atoms with Gasteiger partial charge < -0.3 is 14.4 Å². The summed E-state index contributed by atoms with van der Waals surface area (Å²) < 4.78 is 15.3. The molecule has 2 aliphatic rings. The SMILES string of the molecule is CN1C(=O)CCC[C@@H]2CN(C(=O)c3cc4cc(F)ccc4n3C)CC[C@H]21. The Morgan fingerprint density at radius 2 is 2.00 bits per heavy atom. The van der Waals surface area contributed by atoms with E-state index < -0.39 is 0 Å². The molecular weight excluding hydrogens is 333 g/mol. The molecule has 26 heavy (non-hydrogen) atoms. The van der Waals surface area contributed by atoms with E-state index >= 15 is 0 Å². The van der Waals surface area contributed by atoms with Crippen molar-refractivity contribution in [2.24, 2.45) is 13.0 Å². The van der Waals surface area contributed by atoms with Crippen LogP contribution in [0.15, 0.2) is 24.3 Å². The van der Waals surface area contributed by atoms with E-state index in [1.807, 2.05) is 28.5 Å². The lowest BCUT2D eigenvalue weighted by Crippen LogP contribution is -2.52. The summed E-state index contributed by atoms with van der Waals surface area (Å²) in [4.78, 5) is 29.0. The third-order valence-corrected chi connectivity index (χ3v) is 6.06. The van der Waals surface area contributed by atoms with E-state index in [0.717, 1.165) is 30.2 Å². The Labute approximate surface area is 152 Å². The fraction of sp³-hybridized carbons (Fsp3) is 0.500. The van der Waals surface area contributed by atoms with Crippen molar-refractivity contribution in [2.75, 3.05) is 20.1 Å². The van der Waals surface area contributed by atoms with E-state index in [9.17, 15) is 14.0 Å². The largest absolute Gasteiger partial charge is 0.342 e. The number of nitrogens with zero attached hydrogens (tertiary/aromatic N) is 3. The first-order valence-electron chi connectivity index (χ1n) is 9.25. The van der Waals surface area contributed by atoms with Gasteiger partial charge in [0.05, 0.1) is 0 Å². The zero-order valence-electron chi connectivity index (χ0n) is 15.2. The molecule has 3 heterocycles. The van der Waals surface area contributed by atoms with Crippen molar-refractivity contribution in [1.29, 1.82) is 0 Å². The highest BCUT2D eigenvalue weighted by molar-refractivity contribution is 5.98. The van der Waals surface area contributed by atoms with Crippen LogP contribution in [0, 0.1) is 11.7 Å². The maximum Gasteiger partial charge on any atom is 0.270 e. The van der Waals surface area contributed by atoms with E-state index in [1.165, 1.54) is 12.1 Å². The molecule has 1 aromatic heterocycles. The molecule has 1 aromatic carbocycles. The Kier molecular flexibility index (Phi) is 4.21. The van der Waals surface area contributed by atoms with Gasteiger partial charge in [-0.3, -0.25) is 9.59 Å². The van der Waals surface area contributed by atoms with E-state index in [1.54, 1.807) is 12.1 Å². The highest BCUT2D eigenvalue weighted by Crippen LogP contribution is 2.31. The van der Waals surface area contributed by atoms with Gasteiger partial charge in [0.1, 0.15) is 11.5 Å². The topological polar surface area (TPSA) is 45.6 Å². The maximum atomic E-state index is 13.5. The Hall–Kier alpha value is -2.37. The lowest BCUT2D eigenvalue weighted by atomic mass is 9.88. The van der Waals surface area contributed by atoms with Crippen LogP contribution in [0.5, 0.6) is 0 Å². The van der Waals surface area contributed by atoms with Crippen LogP contribution in [0.3, 0.4) is 0 Å². The molecule has 5 nitrogen and oxygen atoms in total. The van der Waals surface area contributed by atoms with Crippen LogP contribution in [0.1, 0.15) is 36.2 Å². The molecule has 4 rings (SSSR count). The first kappa shape index (κ1) is 17.1. The molecule has 0 radical (unpaired) electrons. The minimum absolute atomic E-state index is 0.0132. The van der Waals surface area contributed by atoms with Gasteiger partial charge in [0.25, 0.3) is 5.91 Å². The molecule has 0 aliphatic carbocycles. The van der Waals surface area contributed by atoms with Crippen molar-refractivity contribution in [3.8, 4) is 0 Å². The minimum atomic E-state index is -0.297. The highest BCUT2D eigenvalue weighted by Gasteiger charge is 2.37. The average molecular weight is 357 g/mol. The molecule has 0 bridgehead atoms. The highest BCUT2D eigenvalue weighted by atomic mass is 19.1. The van der Waals surface area contributed by atoms with Crippen molar-refractivity contribution < 1.29 is 14.0 Å². The zero-order chi connectivity index (χ0) is 18.4. The molecule has 138 valence electrons. The molecule has 0 N–H and O–H groups in total. The van der Waals surface area contributed by atoms with Gasteiger partial charge in [0.15, 0.2) is 0 Å². The predicted molar refractivity (Wildman–Crippen MR) is 97.3 cm³/mol. The van der Waals surface area contributed by atoms with Crippen molar-refractivity contribution in [1.82, 2.24) is 14.4 Å². The average Bonchev–Trinajstić information content (AvgIpc) is 2.88. The quantitative estimate of drug-likeness (QED) is 0.788. The number of aromatic nitrogens is 1. The van der Waals surface area contributed by atoms with Gasteiger partial charge in [-0.15, -0.1) is 0 Å². The first-order valence-corrected chi connectivity index (χ1v) is 9.25. The first-order chi connectivity index (χ1) is 12.5. The molecule has 0 unspecified atom stereocenters. The Bertz CT molecular complexity index is 875. The summed E-state index contributed by atoms with van der Waals surface area (Å²) in [7, 11) is 3.74. The van der Waals surface area contributed by atoms with Crippen LogP contribution in [0.25, 0.3) is 10.9 Å². The predicted octanol–water partition coefficient (Wildman–Crippen LogP) is 2.79. The van der Waals surface area contributed by atoms with E-state index in [2.05, 4.69) is 0 Å². The number of hydrogen-bond acceptors (Lipinski definition) is 2. The molecule has 2 fully saturated rings. The summed E-state index contributed by atoms with van der Waals surface area (Å²) in [5, 5.41) is 0.741. The number of carbonyl (C=O) groups is 2. The number of fused-ring (bicyclic) bond motifs is 2. The standard InChI is InChI=1S/C20H24FN3O2/c1-22-16-7-6-15(21)10-14(16)11-18(22)20(26)24-9-8-17-13(12-24)4-3-5-19(25)23(17)2/h6-7,10-11,13,17H,3-5,8-9,12H2,1-2H3/t13-,17-/m1/s1. The summed E-state index contributed by atoms with van der Waals surface area (Å²) in [5.74, 6) is 0.235. The molecule has 2 saturated heterocycles. The lowest BCUT2D eigenvalue weighted by molar-refractivity contribution is -0.132. The van der Waals surface area contributed by atoms with E-state index in [-0.39, 0.29) is 23.7 Å². The molecule has 2 amide bonds. The van der Waals surface area contributed by atoms with Gasteiger partial charge in [-0.05, 0) is 49.4 Å². The summed E-state index contributed by atoms with van der Waals surface area (Å²) in [5.41, 5.74) is 1.44. The molecule has 6 heteroatoms. The fourth-order valence-electron chi connectivity index (χ4n) is 4.56. The Morgan fingerprint density at radius 3 is 2.81 bits per heavy atom. The fourth-order valence-corrected chi connectivity index (χ4v) is 4.56. The number of benzene rings is 1. The molecular formula is C20H24FN3O2. The lowest BCUT2D eigenvalue weighted by Gasteiger charge is -2.41. The maximum absolute atomic E-state index is 13.5. The molecule has 0 saturated carbocycles. The number of rotatable bonds is 1.